The first kappa shape index (κ1) is 13.3. The van der Waals surface area contributed by atoms with Gasteiger partial charge in [-0.3, -0.25) is 4.79 Å². The molecule has 0 radical (unpaired) electrons. The molecule has 5 heteroatoms. The molecule has 108 valence electrons. The minimum absolute atomic E-state index is 0.299. The van der Waals surface area contributed by atoms with Crippen molar-refractivity contribution in [1.82, 2.24) is 14.9 Å². The first-order chi connectivity index (χ1) is 9.81. The fourth-order valence-electron chi connectivity index (χ4n) is 3.10. The second-order valence-electron chi connectivity index (χ2n) is 5.92. The summed E-state index contributed by atoms with van der Waals surface area (Å²) in [7, 11) is 0. The first-order valence-corrected chi connectivity index (χ1v) is 7.62. The Morgan fingerprint density at radius 2 is 1.90 bits per heavy atom. The van der Waals surface area contributed by atoms with Crippen LogP contribution < -0.4 is 5.32 Å². The average Bonchev–Trinajstić information content (AvgIpc) is 2.44. The van der Waals surface area contributed by atoms with Gasteiger partial charge in [-0.15, -0.1) is 0 Å². The molecule has 2 fully saturated rings. The Hall–Kier alpha value is -1.65. The molecule has 0 atom stereocenters. The summed E-state index contributed by atoms with van der Waals surface area (Å²) in [6, 6.07) is 2.10. The van der Waals surface area contributed by atoms with Crippen LogP contribution in [0.4, 0.5) is 5.95 Å². The lowest BCUT2D eigenvalue weighted by molar-refractivity contribution is -0.136. The van der Waals surface area contributed by atoms with Gasteiger partial charge >= 0.3 is 0 Å². The molecule has 0 spiro atoms. The van der Waals surface area contributed by atoms with E-state index in [4.69, 9.17) is 0 Å². The minimum Gasteiger partial charge on any atom is -0.348 e. The summed E-state index contributed by atoms with van der Waals surface area (Å²) in [4.78, 5) is 22.4. The second kappa shape index (κ2) is 6.20. The predicted octanol–water partition coefficient (Wildman–Crippen LogP) is 2.07. The molecule has 1 aromatic rings. The van der Waals surface area contributed by atoms with Crippen LogP contribution in [0.5, 0.6) is 0 Å². The summed E-state index contributed by atoms with van der Waals surface area (Å²) < 4.78 is 0. The average molecular weight is 274 g/mol. The van der Waals surface area contributed by atoms with Gasteiger partial charge in [-0.25, -0.2) is 9.97 Å². The molecule has 1 saturated carbocycles. The zero-order valence-corrected chi connectivity index (χ0v) is 11.8. The summed E-state index contributed by atoms with van der Waals surface area (Å²) in [5.41, 5.74) is 0. The van der Waals surface area contributed by atoms with Gasteiger partial charge in [0.2, 0.25) is 11.9 Å². The molecule has 1 aliphatic heterocycles. The number of likely N-dealkylation sites (tertiary alicyclic amines) is 1. The Balaban J connectivity index is 1.40. The summed E-state index contributed by atoms with van der Waals surface area (Å²) in [6.45, 7) is 1.56. The zero-order chi connectivity index (χ0) is 13.8. The third-order valence-electron chi connectivity index (χ3n) is 4.32. The van der Waals surface area contributed by atoms with E-state index in [1.54, 1.807) is 18.5 Å². The molecular formula is C15H22N4O. The van der Waals surface area contributed by atoms with E-state index in [1.165, 1.54) is 32.1 Å². The number of nitrogens with zero attached hydrogens (tertiary/aromatic N) is 3. The lowest BCUT2D eigenvalue weighted by Crippen LogP contribution is -2.57. The molecule has 2 aliphatic rings. The molecule has 5 nitrogen and oxygen atoms in total. The van der Waals surface area contributed by atoms with Crippen LogP contribution in [-0.2, 0) is 4.79 Å². The van der Waals surface area contributed by atoms with Crippen molar-refractivity contribution >= 4 is 11.9 Å². The molecule has 2 heterocycles. The molecule has 1 N–H and O–H groups in total. The molecule has 1 saturated heterocycles. The monoisotopic (exact) mass is 274 g/mol. The van der Waals surface area contributed by atoms with Crippen molar-refractivity contribution in [3.8, 4) is 0 Å². The topological polar surface area (TPSA) is 58.1 Å². The Labute approximate surface area is 119 Å². The Morgan fingerprint density at radius 1 is 1.20 bits per heavy atom. The van der Waals surface area contributed by atoms with Crippen molar-refractivity contribution in [2.45, 2.75) is 44.6 Å². The van der Waals surface area contributed by atoms with Gasteiger partial charge in [-0.1, -0.05) is 19.3 Å². The van der Waals surface area contributed by atoms with Gasteiger partial charge in [0.1, 0.15) is 0 Å². The highest BCUT2D eigenvalue weighted by Gasteiger charge is 2.32. The van der Waals surface area contributed by atoms with Crippen LogP contribution in [0.2, 0.25) is 0 Å². The number of hydrogen-bond acceptors (Lipinski definition) is 4. The summed E-state index contributed by atoms with van der Waals surface area (Å²) in [5, 5.41) is 3.25. The lowest BCUT2D eigenvalue weighted by atomic mass is 9.86. The van der Waals surface area contributed by atoms with Gasteiger partial charge in [0, 0.05) is 31.9 Å². The normalized spacial score (nSPS) is 20.5. The number of nitrogens with one attached hydrogen (secondary N) is 1. The fraction of sp³-hybridized carbons (Fsp3) is 0.667. The van der Waals surface area contributed by atoms with E-state index in [0.717, 1.165) is 19.5 Å². The van der Waals surface area contributed by atoms with Gasteiger partial charge in [0.25, 0.3) is 0 Å². The molecule has 1 aliphatic carbocycles. The zero-order valence-electron chi connectivity index (χ0n) is 11.8. The van der Waals surface area contributed by atoms with Crippen LogP contribution in [0.3, 0.4) is 0 Å². The van der Waals surface area contributed by atoms with Gasteiger partial charge in [0.05, 0.1) is 6.04 Å². The van der Waals surface area contributed by atoms with Crippen LogP contribution >= 0.6 is 0 Å². The summed E-state index contributed by atoms with van der Waals surface area (Å²) in [6.07, 6.45) is 10.6. The van der Waals surface area contributed by atoms with E-state index in [-0.39, 0.29) is 0 Å². The number of carbonyl (C=O) groups excluding carboxylic acids is 1. The minimum atomic E-state index is 0.299. The maximum Gasteiger partial charge on any atom is 0.222 e. The molecule has 20 heavy (non-hydrogen) atoms. The highest BCUT2D eigenvalue weighted by atomic mass is 16.2. The van der Waals surface area contributed by atoms with E-state index in [1.807, 2.05) is 4.90 Å². The van der Waals surface area contributed by atoms with Gasteiger partial charge < -0.3 is 10.2 Å². The van der Waals surface area contributed by atoms with E-state index < -0.39 is 0 Å². The Bertz CT molecular complexity index is 438. The number of rotatable bonds is 4. The van der Waals surface area contributed by atoms with E-state index >= 15 is 0 Å². The second-order valence-corrected chi connectivity index (χ2v) is 5.92. The number of amides is 1. The SMILES string of the molecule is O=C(CC1CCCCC1)N1CC(Nc2ncccn2)C1. The first-order valence-electron chi connectivity index (χ1n) is 7.62. The third kappa shape index (κ3) is 3.26. The van der Waals surface area contributed by atoms with Crippen molar-refractivity contribution in [3.05, 3.63) is 18.5 Å². The number of anilines is 1. The fourth-order valence-corrected chi connectivity index (χ4v) is 3.10. The molecule has 0 bridgehead atoms. The molecule has 0 unspecified atom stereocenters. The van der Waals surface area contributed by atoms with E-state index in [2.05, 4.69) is 15.3 Å². The maximum atomic E-state index is 12.2. The maximum absolute atomic E-state index is 12.2. The van der Waals surface area contributed by atoms with Crippen LogP contribution in [0, 0.1) is 5.92 Å². The van der Waals surface area contributed by atoms with Crippen molar-refractivity contribution in [1.29, 1.82) is 0 Å². The Morgan fingerprint density at radius 3 is 2.60 bits per heavy atom. The van der Waals surface area contributed by atoms with Crippen molar-refractivity contribution in [2.24, 2.45) is 5.92 Å². The van der Waals surface area contributed by atoms with E-state index in [9.17, 15) is 4.79 Å². The van der Waals surface area contributed by atoms with Gasteiger partial charge in [-0.2, -0.15) is 0 Å². The number of carbonyl (C=O) groups is 1. The van der Waals surface area contributed by atoms with Crippen LogP contribution in [0.15, 0.2) is 18.5 Å². The third-order valence-corrected chi connectivity index (χ3v) is 4.32. The molecule has 1 aromatic heterocycles. The van der Waals surface area contributed by atoms with E-state index in [0.29, 0.717) is 23.8 Å². The van der Waals surface area contributed by atoms with Crippen molar-refractivity contribution in [2.75, 3.05) is 18.4 Å². The lowest BCUT2D eigenvalue weighted by Gasteiger charge is -2.40. The van der Waals surface area contributed by atoms with Crippen LogP contribution in [0.1, 0.15) is 38.5 Å². The van der Waals surface area contributed by atoms with Crippen LogP contribution in [0.25, 0.3) is 0 Å². The standard InChI is InChI=1S/C15H22N4O/c20-14(9-12-5-2-1-3-6-12)19-10-13(11-19)18-15-16-7-4-8-17-15/h4,7-8,12-13H,1-3,5-6,9-11H2,(H,16,17,18). The molecule has 1 amide bonds. The smallest absolute Gasteiger partial charge is 0.222 e. The summed E-state index contributed by atoms with van der Waals surface area (Å²) >= 11 is 0. The quantitative estimate of drug-likeness (QED) is 0.913. The number of hydrogen-bond donors (Lipinski definition) is 1. The summed E-state index contributed by atoms with van der Waals surface area (Å²) in [5.74, 6) is 1.60. The Kier molecular flexibility index (Phi) is 4.14. The molecule has 3 rings (SSSR count). The number of aromatic nitrogens is 2. The van der Waals surface area contributed by atoms with Crippen molar-refractivity contribution in [3.63, 3.8) is 0 Å². The highest BCUT2D eigenvalue weighted by Crippen LogP contribution is 2.27. The molecular weight excluding hydrogens is 252 g/mol. The van der Waals surface area contributed by atoms with Gasteiger partial charge in [0.15, 0.2) is 0 Å². The van der Waals surface area contributed by atoms with Crippen LogP contribution in [-0.4, -0.2) is 39.9 Å². The van der Waals surface area contributed by atoms with Crippen molar-refractivity contribution < 1.29 is 4.79 Å². The molecule has 0 aromatic carbocycles. The predicted molar refractivity (Wildman–Crippen MR) is 77.2 cm³/mol. The van der Waals surface area contributed by atoms with Gasteiger partial charge in [-0.05, 0) is 24.8 Å². The highest BCUT2D eigenvalue weighted by molar-refractivity contribution is 5.77. The largest absolute Gasteiger partial charge is 0.348 e.